The fourth-order valence-corrected chi connectivity index (χ4v) is 2.66. The maximum Gasteiger partial charge on any atom is 0.453 e. The molecule has 0 bridgehead atoms. The molecule has 9 nitrogen and oxygen atoms in total. The molecule has 0 aliphatic heterocycles. The van der Waals surface area contributed by atoms with Crippen molar-refractivity contribution >= 4 is 22.8 Å². The Morgan fingerprint density at radius 2 is 1.70 bits per heavy atom. The molecule has 1 amide bonds. The molecule has 0 unspecified atom stereocenters. The number of methoxy groups -OCH3 is 1. The molecule has 174 valence electrons. The Bertz CT molecular complexity index is 1240. The van der Waals surface area contributed by atoms with Crippen LogP contribution in [0.3, 0.4) is 0 Å². The quantitative estimate of drug-likeness (QED) is 0.518. The third-order valence-electron chi connectivity index (χ3n) is 4.17. The first kappa shape index (κ1) is 23.4. The molecule has 0 aliphatic rings. The van der Waals surface area contributed by atoms with E-state index in [2.05, 4.69) is 5.32 Å². The van der Waals surface area contributed by atoms with E-state index in [0.29, 0.717) is 5.75 Å². The fraction of sp³-hybridized carbons (Fsp3) is 0.190. The molecule has 0 fully saturated rings. The second kappa shape index (κ2) is 9.51. The molecule has 2 N–H and O–H groups in total. The molecule has 0 saturated heterocycles. The minimum absolute atomic E-state index is 0.0414. The summed E-state index contributed by atoms with van der Waals surface area (Å²) in [4.78, 5) is 34.8. The summed E-state index contributed by atoms with van der Waals surface area (Å²) in [6.07, 6.45) is -5.05. The molecule has 33 heavy (non-hydrogen) atoms. The predicted molar refractivity (Wildman–Crippen MR) is 107 cm³/mol. The van der Waals surface area contributed by atoms with Crippen LogP contribution in [0, 0.1) is 0 Å². The van der Waals surface area contributed by atoms with Crippen molar-refractivity contribution in [2.24, 2.45) is 0 Å². The van der Waals surface area contributed by atoms with Gasteiger partial charge in [-0.2, -0.15) is 13.2 Å². The normalized spacial score (nSPS) is 11.2. The number of ether oxygens (including phenoxy) is 3. The van der Waals surface area contributed by atoms with Crippen LogP contribution in [0.5, 0.6) is 23.0 Å². The number of aliphatic carboxylic acids is 1. The number of nitrogens with one attached hydrogen (secondary N) is 1. The maximum absolute atomic E-state index is 13.6. The summed E-state index contributed by atoms with van der Waals surface area (Å²) < 4.78 is 61.1. The Kier molecular flexibility index (Phi) is 6.75. The largest absolute Gasteiger partial charge is 0.497 e. The van der Waals surface area contributed by atoms with Crippen molar-refractivity contribution in [3.63, 3.8) is 0 Å². The van der Waals surface area contributed by atoms with Crippen LogP contribution >= 0.6 is 0 Å². The smallest absolute Gasteiger partial charge is 0.453 e. The van der Waals surface area contributed by atoms with Crippen LogP contribution in [0.4, 0.5) is 13.2 Å². The molecule has 1 aromatic heterocycles. The number of fused-ring (bicyclic) bond motifs is 1. The van der Waals surface area contributed by atoms with Gasteiger partial charge in [-0.3, -0.25) is 14.4 Å². The van der Waals surface area contributed by atoms with E-state index in [9.17, 15) is 27.6 Å². The lowest BCUT2D eigenvalue weighted by Gasteiger charge is -2.14. The van der Waals surface area contributed by atoms with Gasteiger partial charge in [-0.25, -0.2) is 0 Å². The molecule has 12 heteroatoms. The van der Waals surface area contributed by atoms with Gasteiger partial charge in [0.25, 0.3) is 11.7 Å². The van der Waals surface area contributed by atoms with Gasteiger partial charge in [-0.1, -0.05) is 0 Å². The SMILES string of the molecule is COc1ccc(Oc2c(C(F)(F)F)oc3cc(OCC(=O)NCC(=O)O)ccc3c2=O)cc1. The van der Waals surface area contributed by atoms with E-state index in [4.69, 9.17) is 23.7 Å². The maximum atomic E-state index is 13.6. The zero-order valence-corrected chi connectivity index (χ0v) is 16.9. The summed E-state index contributed by atoms with van der Waals surface area (Å²) in [5, 5.41) is 10.4. The number of carbonyl (C=O) groups is 2. The van der Waals surface area contributed by atoms with Gasteiger partial charge in [-0.05, 0) is 36.4 Å². The summed E-state index contributed by atoms with van der Waals surface area (Å²) in [5.74, 6) is -4.39. The standard InChI is InChI=1S/C21H16F3NO8/c1-30-11-2-4-12(5-3-11)32-19-18(29)14-7-6-13(31-10-16(26)25-9-17(27)28)8-15(14)33-20(19)21(22,23)24/h2-8H,9-10H2,1H3,(H,25,26)(H,27,28). The van der Waals surface area contributed by atoms with Crippen molar-refractivity contribution in [2.75, 3.05) is 20.3 Å². The minimum Gasteiger partial charge on any atom is -0.497 e. The number of benzene rings is 2. The van der Waals surface area contributed by atoms with Crippen LogP contribution in [0.25, 0.3) is 11.0 Å². The van der Waals surface area contributed by atoms with Crippen molar-refractivity contribution in [1.29, 1.82) is 0 Å². The third-order valence-corrected chi connectivity index (χ3v) is 4.17. The number of carboxylic acid groups (broad SMARTS) is 1. The van der Waals surface area contributed by atoms with Crippen LogP contribution in [0.15, 0.2) is 51.7 Å². The minimum atomic E-state index is -5.05. The van der Waals surface area contributed by atoms with E-state index in [1.807, 2.05) is 0 Å². The molecule has 2 aromatic carbocycles. The molecule has 0 aliphatic carbocycles. The van der Waals surface area contributed by atoms with Gasteiger partial charge in [0.2, 0.25) is 11.2 Å². The highest BCUT2D eigenvalue weighted by molar-refractivity contribution is 5.83. The van der Waals surface area contributed by atoms with Gasteiger partial charge < -0.3 is 29.1 Å². The number of halogens is 3. The van der Waals surface area contributed by atoms with Crippen molar-refractivity contribution < 1.29 is 46.5 Å². The zero-order chi connectivity index (χ0) is 24.2. The Morgan fingerprint density at radius 1 is 1.06 bits per heavy atom. The first-order valence-electron chi connectivity index (χ1n) is 9.19. The highest BCUT2D eigenvalue weighted by Crippen LogP contribution is 2.38. The highest BCUT2D eigenvalue weighted by atomic mass is 19.4. The van der Waals surface area contributed by atoms with Crippen LogP contribution in [-0.2, 0) is 15.8 Å². The van der Waals surface area contributed by atoms with E-state index in [1.165, 1.54) is 37.4 Å². The number of alkyl halides is 3. The lowest BCUT2D eigenvalue weighted by Crippen LogP contribution is -2.33. The molecule has 0 atom stereocenters. The highest BCUT2D eigenvalue weighted by Gasteiger charge is 2.40. The van der Waals surface area contributed by atoms with E-state index in [1.54, 1.807) is 0 Å². The van der Waals surface area contributed by atoms with Crippen LogP contribution < -0.4 is 25.0 Å². The van der Waals surface area contributed by atoms with Gasteiger partial charge in [-0.15, -0.1) is 0 Å². The van der Waals surface area contributed by atoms with E-state index in [0.717, 1.165) is 12.1 Å². The van der Waals surface area contributed by atoms with Gasteiger partial charge in [0.15, 0.2) is 6.61 Å². The first-order chi connectivity index (χ1) is 15.6. The first-order valence-corrected chi connectivity index (χ1v) is 9.19. The van der Waals surface area contributed by atoms with E-state index < -0.39 is 53.7 Å². The number of carboxylic acids is 1. The van der Waals surface area contributed by atoms with Gasteiger partial charge >= 0.3 is 12.1 Å². The number of carbonyl (C=O) groups excluding carboxylic acids is 1. The summed E-state index contributed by atoms with van der Waals surface area (Å²) in [7, 11) is 1.41. The second-order valence-electron chi connectivity index (χ2n) is 6.48. The van der Waals surface area contributed by atoms with Crippen LogP contribution in [0.2, 0.25) is 0 Å². The predicted octanol–water partition coefficient (Wildman–Crippen LogP) is 3.19. The van der Waals surface area contributed by atoms with Gasteiger partial charge in [0.1, 0.15) is 29.4 Å². The van der Waals surface area contributed by atoms with Crippen molar-refractivity contribution in [2.45, 2.75) is 6.18 Å². The molecule has 0 saturated carbocycles. The number of amides is 1. The topological polar surface area (TPSA) is 124 Å². The second-order valence-corrected chi connectivity index (χ2v) is 6.48. The Labute approximate surface area is 183 Å². The molecular weight excluding hydrogens is 451 g/mol. The molecule has 0 spiro atoms. The average Bonchev–Trinajstić information content (AvgIpc) is 2.77. The van der Waals surface area contributed by atoms with Crippen molar-refractivity contribution in [3.8, 4) is 23.0 Å². The van der Waals surface area contributed by atoms with Crippen molar-refractivity contribution in [1.82, 2.24) is 5.32 Å². The Hall–Kier alpha value is -4.22. The van der Waals surface area contributed by atoms with E-state index >= 15 is 0 Å². The lowest BCUT2D eigenvalue weighted by atomic mass is 10.2. The van der Waals surface area contributed by atoms with Crippen molar-refractivity contribution in [3.05, 3.63) is 58.4 Å². The van der Waals surface area contributed by atoms with Gasteiger partial charge in [0, 0.05) is 6.07 Å². The summed E-state index contributed by atoms with van der Waals surface area (Å²) in [6, 6.07) is 8.96. The average molecular weight is 467 g/mol. The number of rotatable bonds is 8. The zero-order valence-electron chi connectivity index (χ0n) is 16.9. The third kappa shape index (κ3) is 5.73. The van der Waals surface area contributed by atoms with E-state index in [-0.39, 0.29) is 16.9 Å². The monoisotopic (exact) mass is 467 g/mol. The number of hydrogen-bond acceptors (Lipinski definition) is 7. The summed E-state index contributed by atoms with van der Waals surface area (Å²) in [6.45, 7) is -1.23. The molecule has 0 radical (unpaired) electrons. The molecular formula is C21H16F3NO8. The van der Waals surface area contributed by atoms with Gasteiger partial charge in [0.05, 0.1) is 12.5 Å². The Balaban J connectivity index is 1.93. The fourth-order valence-electron chi connectivity index (χ4n) is 2.66. The van der Waals surface area contributed by atoms with Crippen LogP contribution in [0.1, 0.15) is 5.76 Å². The summed E-state index contributed by atoms with van der Waals surface area (Å²) >= 11 is 0. The Morgan fingerprint density at radius 3 is 2.30 bits per heavy atom. The van der Waals surface area contributed by atoms with Crippen LogP contribution in [-0.4, -0.2) is 37.2 Å². The summed E-state index contributed by atoms with van der Waals surface area (Å²) in [5.41, 5.74) is -1.51. The molecule has 3 rings (SSSR count). The molecule has 1 heterocycles. The lowest BCUT2D eigenvalue weighted by molar-refractivity contribution is -0.154. The number of hydrogen-bond donors (Lipinski definition) is 2. The molecule has 3 aromatic rings.